The van der Waals surface area contributed by atoms with Gasteiger partial charge in [0.05, 0.1) is 27.8 Å². The highest BCUT2D eigenvalue weighted by atomic mass is 35.5. The van der Waals surface area contributed by atoms with Crippen LogP contribution in [-0.2, 0) is 0 Å². The highest BCUT2D eigenvalue weighted by Crippen LogP contribution is 2.32. The van der Waals surface area contributed by atoms with E-state index in [1.54, 1.807) is 11.3 Å². The topological polar surface area (TPSA) is 82.1 Å². The molecule has 1 fully saturated rings. The lowest BCUT2D eigenvalue weighted by atomic mass is 10.1. The van der Waals surface area contributed by atoms with Gasteiger partial charge in [0, 0.05) is 31.0 Å². The fourth-order valence-corrected chi connectivity index (χ4v) is 4.93. The van der Waals surface area contributed by atoms with Crippen LogP contribution < -0.4 is 10.2 Å². The molecule has 0 atom stereocenters. The van der Waals surface area contributed by atoms with Crippen LogP contribution in [0.15, 0.2) is 30.7 Å². The molecule has 1 aliphatic heterocycles. The number of aromatic nitrogens is 4. The molecule has 5 heterocycles. The minimum absolute atomic E-state index is 0. The molecular formula is C21H22ClN7S. The molecule has 1 N–H and O–H groups in total. The molecule has 0 saturated carbocycles. The van der Waals surface area contributed by atoms with Crippen molar-refractivity contribution in [3.05, 3.63) is 42.0 Å². The third-order valence-electron chi connectivity index (χ3n) is 5.51. The molecule has 0 spiro atoms. The van der Waals surface area contributed by atoms with Crippen LogP contribution in [0.25, 0.3) is 27.1 Å². The smallest absolute Gasteiger partial charge is 0.186 e. The zero-order valence-corrected chi connectivity index (χ0v) is 18.4. The van der Waals surface area contributed by atoms with Crippen molar-refractivity contribution in [2.75, 3.05) is 25.0 Å². The number of aryl methyl sites for hydroxylation is 1. The molecule has 7 nitrogen and oxygen atoms in total. The lowest BCUT2D eigenvalue weighted by Gasteiger charge is -2.31. The van der Waals surface area contributed by atoms with E-state index >= 15 is 0 Å². The van der Waals surface area contributed by atoms with Crippen molar-refractivity contribution < 1.29 is 0 Å². The number of nitriles is 1. The Bertz CT molecular complexity index is 1250. The van der Waals surface area contributed by atoms with Gasteiger partial charge in [-0.25, -0.2) is 9.97 Å². The summed E-state index contributed by atoms with van der Waals surface area (Å²) in [6.45, 7) is 4.04. The first-order valence-electron chi connectivity index (χ1n) is 9.72. The lowest BCUT2D eigenvalue weighted by molar-refractivity contribution is 0.443. The monoisotopic (exact) mass is 439 g/mol. The van der Waals surface area contributed by atoms with E-state index in [1.807, 2.05) is 36.0 Å². The van der Waals surface area contributed by atoms with Crippen LogP contribution in [0.1, 0.15) is 24.1 Å². The number of nitrogens with zero attached hydrogens (tertiary/aromatic N) is 6. The van der Waals surface area contributed by atoms with E-state index < -0.39 is 0 Å². The Kier molecular flexibility index (Phi) is 5.60. The number of rotatable bonds is 3. The Balaban J connectivity index is 0.00000218. The maximum Gasteiger partial charge on any atom is 0.186 e. The van der Waals surface area contributed by atoms with E-state index in [1.165, 1.54) is 0 Å². The fraction of sp³-hybridized carbons (Fsp3) is 0.333. The van der Waals surface area contributed by atoms with Gasteiger partial charge in [0.1, 0.15) is 11.6 Å². The van der Waals surface area contributed by atoms with Gasteiger partial charge in [-0.2, -0.15) is 5.26 Å². The molecule has 9 heteroatoms. The Hall–Kier alpha value is -2.73. The molecule has 1 saturated heterocycles. The minimum atomic E-state index is 0. The predicted molar refractivity (Wildman–Crippen MR) is 123 cm³/mol. The van der Waals surface area contributed by atoms with E-state index in [-0.39, 0.29) is 12.4 Å². The number of halogens is 1. The van der Waals surface area contributed by atoms with Crippen molar-refractivity contribution in [2.24, 2.45) is 0 Å². The summed E-state index contributed by atoms with van der Waals surface area (Å²) in [5.41, 5.74) is 4.76. The van der Waals surface area contributed by atoms with Gasteiger partial charge in [-0.05, 0) is 45.0 Å². The summed E-state index contributed by atoms with van der Waals surface area (Å²) in [6, 6.07) is 6.70. The van der Waals surface area contributed by atoms with Gasteiger partial charge in [0.25, 0.3) is 0 Å². The van der Waals surface area contributed by atoms with Crippen molar-refractivity contribution in [1.29, 1.82) is 5.26 Å². The number of hydrogen-bond donors (Lipinski definition) is 1. The summed E-state index contributed by atoms with van der Waals surface area (Å²) in [4.78, 5) is 16.2. The summed E-state index contributed by atoms with van der Waals surface area (Å²) in [5, 5.41) is 14.0. The van der Waals surface area contributed by atoms with Gasteiger partial charge in [-0.15, -0.1) is 12.4 Å². The normalized spacial score (nSPS) is 14.6. The van der Waals surface area contributed by atoms with E-state index in [0.29, 0.717) is 17.3 Å². The molecule has 0 bridgehead atoms. The molecule has 30 heavy (non-hydrogen) atoms. The number of imidazole rings is 1. The van der Waals surface area contributed by atoms with E-state index in [2.05, 4.69) is 39.4 Å². The van der Waals surface area contributed by atoms with Crippen LogP contribution in [0.2, 0.25) is 0 Å². The van der Waals surface area contributed by atoms with Crippen molar-refractivity contribution in [2.45, 2.75) is 25.8 Å². The molecular weight excluding hydrogens is 418 g/mol. The first-order valence-corrected chi connectivity index (χ1v) is 10.5. The van der Waals surface area contributed by atoms with E-state index in [9.17, 15) is 5.26 Å². The predicted octanol–water partition coefficient (Wildman–Crippen LogP) is 3.80. The quantitative estimate of drug-likeness (QED) is 0.523. The van der Waals surface area contributed by atoms with Crippen molar-refractivity contribution >= 4 is 44.7 Å². The Morgan fingerprint density at radius 3 is 2.80 bits per heavy atom. The number of fused-ring (bicyclic) bond motifs is 2. The highest BCUT2D eigenvalue weighted by Gasteiger charge is 2.21. The molecule has 0 aromatic carbocycles. The summed E-state index contributed by atoms with van der Waals surface area (Å²) < 4.78 is 3.00. The van der Waals surface area contributed by atoms with Gasteiger partial charge in [-0.1, -0.05) is 11.3 Å². The summed E-state index contributed by atoms with van der Waals surface area (Å²) in [6.07, 6.45) is 8.01. The standard InChI is InChI=1S/C21H21N7S.ClH/c1-13-11-28-12-15(7-14(9-22)20(28)25-13)17-8-19-18(10-24-17)26-21(29-19)27(2)16-3-5-23-6-4-16;/h7-8,10-12,16,23H,3-6H2,1-2H3;1H. The molecule has 0 amide bonds. The largest absolute Gasteiger partial charge is 0.348 e. The minimum Gasteiger partial charge on any atom is -0.348 e. The fourth-order valence-electron chi connectivity index (χ4n) is 3.92. The molecule has 0 radical (unpaired) electrons. The van der Waals surface area contributed by atoms with E-state index in [0.717, 1.165) is 58.2 Å². The van der Waals surface area contributed by atoms with Crippen molar-refractivity contribution in [3.8, 4) is 17.3 Å². The summed E-state index contributed by atoms with van der Waals surface area (Å²) in [7, 11) is 2.14. The summed E-state index contributed by atoms with van der Waals surface area (Å²) >= 11 is 1.70. The molecule has 1 aliphatic rings. The molecule has 154 valence electrons. The second-order valence-electron chi connectivity index (χ2n) is 7.49. The van der Waals surface area contributed by atoms with Gasteiger partial charge < -0.3 is 14.6 Å². The average Bonchev–Trinajstić information content (AvgIpc) is 3.34. The average molecular weight is 440 g/mol. The Morgan fingerprint density at radius 2 is 2.03 bits per heavy atom. The number of thiazole rings is 1. The Labute approximate surface area is 184 Å². The van der Waals surface area contributed by atoms with Crippen LogP contribution in [-0.4, -0.2) is 45.5 Å². The zero-order valence-electron chi connectivity index (χ0n) is 16.8. The van der Waals surface area contributed by atoms with Crippen molar-refractivity contribution in [1.82, 2.24) is 24.7 Å². The lowest BCUT2D eigenvalue weighted by Crippen LogP contribution is -2.41. The SMILES string of the molecule is Cc1cn2cc(-c3cc4sc(N(C)C5CCNCC5)nc4cn3)cc(C#N)c2n1.Cl. The second-order valence-corrected chi connectivity index (χ2v) is 8.50. The van der Waals surface area contributed by atoms with Gasteiger partial charge >= 0.3 is 0 Å². The third-order valence-corrected chi connectivity index (χ3v) is 6.62. The zero-order chi connectivity index (χ0) is 20.0. The van der Waals surface area contributed by atoms with Crippen LogP contribution >= 0.6 is 23.7 Å². The maximum absolute atomic E-state index is 9.53. The number of hydrogen-bond acceptors (Lipinski definition) is 7. The van der Waals surface area contributed by atoms with Crippen LogP contribution in [0.5, 0.6) is 0 Å². The highest BCUT2D eigenvalue weighted by molar-refractivity contribution is 7.22. The number of anilines is 1. The molecule has 0 aliphatic carbocycles. The third kappa shape index (κ3) is 3.60. The number of pyridine rings is 2. The van der Waals surface area contributed by atoms with E-state index in [4.69, 9.17) is 4.98 Å². The molecule has 0 unspecified atom stereocenters. The molecule has 4 aromatic heterocycles. The molecule has 4 aromatic rings. The van der Waals surface area contributed by atoms with Crippen LogP contribution in [0.3, 0.4) is 0 Å². The first-order chi connectivity index (χ1) is 14.1. The Morgan fingerprint density at radius 1 is 1.23 bits per heavy atom. The molecule has 5 rings (SSSR count). The van der Waals surface area contributed by atoms with Crippen molar-refractivity contribution in [3.63, 3.8) is 0 Å². The van der Waals surface area contributed by atoms with Gasteiger partial charge in [0.15, 0.2) is 10.8 Å². The second kappa shape index (κ2) is 8.19. The number of nitrogens with one attached hydrogen (secondary N) is 1. The summed E-state index contributed by atoms with van der Waals surface area (Å²) in [5.74, 6) is 0. The maximum atomic E-state index is 9.53. The van der Waals surface area contributed by atoms with Crippen LogP contribution in [0, 0.1) is 18.3 Å². The number of piperidine rings is 1. The van der Waals surface area contributed by atoms with Gasteiger partial charge in [-0.3, -0.25) is 4.98 Å². The van der Waals surface area contributed by atoms with Gasteiger partial charge in [0.2, 0.25) is 0 Å². The van der Waals surface area contributed by atoms with Crippen LogP contribution in [0.4, 0.5) is 5.13 Å². The first kappa shape index (κ1) is 20.5.